The van der Waals surface area contributed by atoms with Crippen molar-refractivity contribution in [2.45, 2.75) is 65.1 Å². The predicted octanol–water partition coefficient (Wildman–Crippen LogP) is 3.00. The second-order valence-corrected chi connectivity index (χ2v) is 7.76. The highest BCUT2D eigenvalue weighted by Gasteiger charge is 2.36. The number of hydrogen-bond acceptors (Lipinski definition) is 7. The molecule has 1 aromatic heterocycles. The summed E-state index contributed by atoms with van der Waals surface area (Å²) in [5.41, 5.74) is -0.728. The molecule has 160 valence electrons. The van der Waals surface area contributed by atoms with Gasteiger partial charge in [0, 0.05) is 19.3 Å². The van der Waals surface area contributed by atoms with Crippen LogP contribution in [0, 0.1) is 0 Å². The molecule has 2 rings (SSSR count). The summed E-state index contributed by atoms with van der Waals surface area (Å²) < 4.78 is 48.1. The molecule has 1 aliphatic rings. The Balaban J connectivity index is 0.000000480. The van der Waals surface area contributed by atoms with Gasteiger partial charge in [0.25, 0.3) is 6.47 Å². The van der Waals surface area contributed by atoms with Gasteiger partial charge in [-0.3, -0.25) is 10.1 Å². The minimum Gasteiger partial charge on any atom is -0.462 e. The average Bonchev–Trinajstić information content (AvgIpc) is 2.90. The van der Waals surface area contributed by atoms with E-state index in [0.717, 1.165) is 6.20 Å². The van der Waals surface area contributed by atoms with Crippen molar-refractivity contribution in [1.82, 2.24) is 15.3 Å². The lowest BCUT2D eigenvalue weighted by molar-refractivity contribution is -0.145. The highest BCUT2D eigenvalue weighted by atomic mass is 19.4. The Kier molecular flexibility index (Phi) is 8.18. The van der Waals surface area contributed by atoms with Gasteiger partial charge in [0.2, 0.25) is 5.82 Å². The minimum atomic E-state index is -4.54. The van der Waals surface area contributed by atoms with Crippen LogP contribution in [0.15, 0.2) is 12.3 Å². The van der Waals surface area contributed by atoms with E-state index in [2.05, 4.69) is 20.0 Å². The van der Waals surface area contributed by atoms with Crippen LogP contribution in [0.4, 0.5) is 19.0 Å². The van der Waals surface area contributed by atoms with Crippen LogP contribution < -0.4 is 10.2 Å². The van der Waals surface area contributed by atoms with Gasteiger partial charge in [-0.2, -0.15) is 13.2 Å². The molecule has 0 aliphatic carbocycles. The molecule has 0 saturated carbocycles. The Labute approximate surface area is 163 Å². The van der Waals surface area contributed by atoms with Crippen LogP contribution in [-0.4, -0.2) is 53.5 Å². The third-order valence-corrected chi connectivity index (χ3v) is 3.64. The Morgan fingerprint density at radius 3 is 2.43 bits per heavy atom. The molecular formula is C18H29F3N4O3. The molecule has 1 unspecified atom stereocenters. The number of rotatable bonds is 5. The van der Waals surface area contributed by atoms with Crippen molar-refractivity contribution in [2.75, 3.05) is 24.6 Å². The average molecular weight is 406 g/mol. The van der Waals surface area contributed by atoms with Crippen molar-refractivity contribution in [3.05, 3.63) is 18.1 Å². The Morgan fingerprint density at radius 1 is 1.39 bits per heavy atom. The fraction of sp³-hybridized carbons (Fsp3) is 0.722. The van der Waals surface area contributed by atoms with Crippen LogP contribution in [0.3, 0.4) is 0 Å². The zero-order valence-electron chi connectivity index (χ0n) is 17.1. The van der Waals surface area contributed by atoms with E-state index in [-0.39, 0.29) is 17.5 Å². The van der Waals surface area contributed by atoms with Crippen LogP contribution in [0.5, 0.6) is 0 Å². The number of alkyl halides is 3. The highest BCUT2D eigenvalue weighted by molar-refractivity contribution is 5.38. The van der Waals surface area contributed by atoms with E-state index in [0.29, 0.717) is 26.2 Å². The SMILES string of the molecule is CC(C)(C)OC=O.CCN(CC1COC(C)(C)N1)c1ccnc(C(F)(F)F)n1. The summed E-state index contributed by atoms with van der Waals surface area (Å²) >= 11 is 0. The predicted molar refractivity (Wildman–Crippen MR) is 98.8 cm³/mol. The normalized spacial score (nSPS) is 18.8. The van der Waals surface area contributed by atoms with Gasteiger partial charge in [0.05, 0.1) is 12.6 Å². The standard InChI is InChI=1S/C13H19F3N4O.C5H10O2/c1-4-20(7-9-8-21-12(2,3)19-9)10-5-6-17-11(18-10)13(14,15)16;1-5(2,3)7-4-6/h5-6,9,19H,4,7-8H2,1-3H3;4H,1-3H3. The lowest BCUT2D eigenvalue weighted by atomic mass is 10.2. The van der Waals surface area contributed by atoms with Crippen molar-refractivity contribution in [2.24, 2.45) is 0 Å². The highest BCUT2D eigenvalue weighted by Crippen LogP contribution is 2.27. The quantitative estimate of drug-likeness (QED) is 0.754. The lowest BCUT2D eigenvalue weighted by Gasteiger charge is -2.26. The molecule has 1 atom stereocenters. The Morgan fingerprint density at radius 2 is 2.04 bits per heavy atom. The van der Waals surface area contributed by atoms with E-state index < -0.39 is 17.7 Å². The van der Waals surface area contributed by atoms with Gasteiger partial charge in [0.1, 0.15) is 17.1 Å². The molecule has 1 saturated heterocycles. The zero-order chi connectivity index (χ0) is 21.6. The van der Waals surface area contributed by atoms with Crippen LogP contribution in [0.2, 0.25) is 0 Å². The lowest BCUT2D eigenvalue weighted by Crippen LogP contribution is -2.45. The van der Waals surface area contributed by atoms with Crippen LogP contribution in [-0.2, 0) is 20.4 Å². The number of halogens is 3. The smallest absolute Gasteiger partial charge is 0.451 e. The maximum Gasteiger partial charge on any atom is 0.451 e. The second kappa shape index (κ2) is 9.51. The van der Waals surface area contributed by atoms with Crippen LogP contribution in [0.1, 0.15) is 47.4 Å². The molecule has 0 spiro atoms. The number of aromatic nitrogens is 2. The topological polar surface area (TPSA) is 76.6 Å². The van der Waals surface area contributed by atoms with Gasteiger partial charge in [-0.05, 0) is 47.6 Å². The first kappa shape index (κ1) is 24.1. The number of anilines is 1. The summed E-state index contributed by atoms with van der Waals surface area (Å²) in [6, 6.07) is 1.53. The number of likely N-dealkylation sites (N-methyl/N-ethyl adjacent to an activating group) is 1. The largest absolute Gasteiger partial charge is 0.462 e. The molecule has 28 heavy (non-hydrogen) atoms. The number of hydrogen-bond donors (Lipinski definition) is 1. The monoisotopic (exact) mass is 406 g/mol. The van der Waals surface area contributed by atoms with Crippen LogP contribution in [0.25, 0.3) is 0 Å². The first-order valence-corrected chi connectivity index (χ1v) is 8.95. The summed E-state index contributed by atoms with van der Waals surface area (Å²) in [6.07, 6.45) is -3.40. The van der Waals surface area contributed by atoms with Crippen molar-refractivity contribution < 1.29 is 27.4 Å². The van der Waals surface area contributed by atoms with Gasteiger partial charge in [-0.15, -0.1) is 0 Å². The van der Waals surface area contributed by atoms with E-state index in [4.69, 9.17) is 4.74 Å². The molecule has 10 heteroatoms. The number of ether oxygens (including phenoxy) is 2. The maximum atomic E-state index is 12.7. The molecule has 1 N–H and O–H groups in total. The molecule has 0 aromatic carbocycles. The first-order valence-electron chi connectivity index (χ1n) is 8.95. The Hall–Kier alpha value is -1.94. The van der Waals surface area contributed by atoms with E-state index >= 15 is 0 Å². The molecule has 0 amide bonds. The van der Waals surface area contributed by atoms with Gasteiger partial charge in [-0.25, -0.2) is 9.97 Å². The van der Waals surface area contributed by atoms with Crippen molar-refractivity contribution >= 4 is 12.3 Å². The fourth-order valence-corrected chi connectivity index (χ4v) is 2.44. The molecule has 1 aromatic rings. The Bertz CT molecular complexity index is 633. The van der Waals surface area contributed by atoms with Gasteiger partial charge >= 0.3 is 6.18 Å². The minimum absolute atomic E-state index is 0.0456. The summed E-state index contributed by atoms with van der Waals surface area (Å²) in [5, 5.41) is 3.28. The van der Waals surface area contributed by atoms with Crippen molar-refractivity contribution in [1.29, 1.82) is 0 Å². The number of nitrogens with zero attached hydrogens (tertiary/aromatic N) is 3. The number of nitrogens with one attached hydrogen (secondary N) is 1. The number of carbonyl (C=O) groups excluding carboxylic acids is 1. The van der Waals surface area contributed by atoms with E-state index in [1.807, 2.05) is 41.5 Å². The summed E-state index contributed by atoms with van der Waals surface area (Å²) in [7, 11) is 0. The van der Waals surface area contributed by atoms with E-state index in [9.17, 15) is 18.0 Å². The third-order valence-electron chi connectivity index (χ3n) is 3.64. The number of carbonyl (C=O) groups is 1. The molecule has 0 bridgehead atoms. The summed E-state index contributed by atoms with van der Waals surface area (Å²) in [4.78, 5) is 18.3. The van der Waals surface area contributed by atoms with Crippen molar-refractivity contribution in [3.63, 3.8) is 0 Å². The molecule has 1 fully saturated rings. The third kappa shape index (κ3) is 8.39. The first-order chi connectivity index (χ1) is 12.8. The maximum absolute atomic E-state index is 12.7. The van der Waals surface area contributed by atoms with Crippen LogP contribution >= 0.6 is 0 Å². The molecule has 7 nitrogen and oxygen atoms in total. The summed E-state index contributed by atoms with van der Waals surface area (Å²) in [6.45, 7) is 13.2. The van der Waals surface area contributed by atoms with Crippen molar-refractivity contribution in [3.8, 4) is 0 Å². The second-order valence-electron chi connectivity index (χ2n) is 7.76. The molecule has 0 radical (unpaired) electrons. The summed E-state index contributed by atoms with van der Waals surface area (Å²) in [5.74, 6) is -0.847. The van der Waals surface area contributed by atoms with Gasteiger partial charge < -0.3 is 14.4 Å². The van der Waals surface area contributed by atoms with E-state index in [1.54, 1.807) is 4.90 Å². The molecular weight excluding hydrogens is 377 g/mol. The van der Waals surface area contributed by atoms with E-state index in [1.165, 1.54) is 6.07 Å². The fourth-order valence-electron chi connectivity index (χ4n) is 2.44. The zero-order valence-corrected chi connectivity index (χ0v) is 17.1. The van der Waals surface area contributed by atoms with Gasteiger partial charge in [-0.1, -0.05) is 0 Å². The molecule has 1 aliphatic heterocycles. The van der Waals surface area contributed by atoms with Gasteiger partial charge in [0.15, 0.2) is 0 Å². The molecule has 2 heterocycles.